The van der Waals surface area contributed by atoms with Gasteiger partial charge in [-0.25, -0.2) is 4.99 Å². The first-order valence-electron chi connectivity index (χ1n) is 8.64. The first-order chi connectivity index (χ1) is 12.5. The van der Waals surface area contributed by atoms with E-state index in [-0.39, 0.29) is 0 Å². The van der Waals surface area contributed by atoms with Gasteiger partial charge >= 0.3 is 0 Å². The average molecular weight is 348 g/mol. The standard InChI is InChI=1S/C21H24N4O/c1-5-26-17-10-11-18-19(12-14(2)23-20(18)13-17)24-21(22)15-6-8-16(9-7-15)25(3)4/h6-13H,5H2,1-4H3,(H2,22,23,24). The van der Waals surface area contributed by atoms with Crippen molar-refractivity contribution in [1.29, 1.82) is 0 Å². The summed E-state index contributed by atoms with van der Waals surface area (Å²) in [4.78, 5) is 11.3. The maximum Gasteiger partial charge on any atom is 0.131 e. The third kappa shape index (κ3) is 3.77. The lowest BCUT2D eigenvalue weighted by Gasteiger charge is -2.12. The molecule has 5 nitrogen and oxygen atoms in total. The number of pyridine rings is 1. The number of ether oxygens (including phenoxy) is 1. The molecule has 0 fully saturated rings. The van der Waals surface area contributed by atoms with E-state index in [0.29, 0.717) is 12.4 Å². The van der Waals surface area contributed by atoms with Gasteiger partial charge in [-0.15, -0.1) is 0 Å². The molecule has 2 aromatic carbocycles. The molecule has 0 spiro atoms. The van der Waals surface area contributed by atoms with E-state index in [1.54, 1.807) is 0 Å². The van der Waals surface area contributed by atoms with Crippen molar-refractivity contribution in [1.82, 2.24) is 4.98 Å². The lowest BCUT2D eigenvalue weighted by molar-refractivity contribution is 0.340. The smallest absolute Gasteiger partial charge is 0.131 e. The zero-order valence-corrected chi connectivity index (χ0v) is 15.7. The van der Waals surface area contributed by atoms with Crippen LogP contribution in [0, 0.1) is 6.92 Å². The van der Waals surface area contributed by atoms with Gasteiger partial charge in [-0.05, 0) is 56.3 Å². The Bertz CT molecular complexity index is 946. The van der Waals surface area contributed by atoms with Gasteiger partial charge in [-0.1, -0.05) is 0 Å². The molecule has 26 heavy (non-hydrogen) atoms. The summed E-state index contributed by atoms with van der Waals surface area (Å²) in [5, 5.41) is 0.951. The fourth-order valence-electron chi connectivity index (χ4n) is 2.79. The van der Waals surface area contributed by atoms with Crippen molar-refractivity contribution in [3.8, 4) is 5.75 Å². The second kappa shape index (κ2) is 7.44. The number of rotatable bonds is 5. The third-order valence-electron chi connectivity index (χ3n) is 4.12. The lowest BCUT2D eigenvalue weighted by Crippen LogP contribution is -2.14. The van der Waals surface area contributed by atoms with E-state index >= 15 is 0 Å². The minimum atomic E-state index is 0.482. The summed E-state index contributed by atoms with van der Waals surface area (Å²) in [6.45, 7) is 4.54. The van der Waals surface area contributed by atoms with Crippen LogP contribution < -0.4 is 15.4 Å². The van der Waals surface area contributed by atoms with Crippen molar-refractivity contribution in [3.05, 3.63) is 59.8 Å². The quantitative estimate of drug-likeness (QED) is 0.558. The van der Waals surface area contributed by atoms with Crippen LogP contribution in [0.2, 0.25) is 0 Å². The number of nitrogens with two attached hydrogens (primary N) is 1. The predicted octanol–water partition coefficient (Wildman–Crippen LogP) is 4.04. The maximum atomic E-state index is 6.26. The van der Waals surface area contributed by atoms with Crippen LogP contribution in [0.25, 0.3) is 10.9 Å². The van der Waals surface area contributed by atoms with E-state index in [2.05, 4.69) is 9.98 Å². The maximum absolute atomic E-state index is 6.26. The Morgan fingerprint density at radius 2 is 1.85 bits per heavy atom. The van der Waals surface area contributed by atoms with Crippen molar-refractivity contribution in [2.75, 3.05) is 25.6 Å². The molecule has 0 amide bonds. The zero-order chi connectivity index (χ0) is 18.7. The molecule has 134 valence electrons. The van der Waals surface area contributed by atoms with E-state index in [1.807, 2.05) is 81.4 Å². The van der Waals surface area contributed by atoms with Crippen molar-refractivity contribution >= 4 is 28.1 Å². The summed E-state index contributed by atoms with van der Waals surface area (Å²) in [6.07, 6.45) is 0. The van der Waals surface area contributed by atoms with Gasteiger partial charge in [-0.3, -0.25) is 4.98 Å². The molecule has 1 heterocycles. The van der Waals surface area contributed by atoms with E-state index < -0.39 is 0 Å². The Hall–Kier alpha value is -3.08. The van der Waals surface area contributed by atoms with Gasteiger partial charge in [-0.2, -0.15) is 0 Å². The molecular weight excluding hydrogens is 324 g/mol. The minimum Gasteiger partial charge on any atom is -0.494 e. The number of aryl methyl sites for hydroxylation is 1. The number of nitrogens with zero attached hydrogens (tertiary/aromatic N) is 3. The predicted molar refractivity (Wildman–Crippen MR) is 109 cm³/mol. The van der Waals surface area contributed by atoms with E-state index in [0.717, 1.165) is 39.3 Å². The number of hydrogen-bond donors (Lipinski definition) is 1. The van der Waals surface area contributed by atoms with E-state index in [1.165, 1.54) is 0 Å². The van der Waals surface area contributed by atoms with Crippen LogP contribution in [0.1, 0.15) is 18.2 Å². The molecule has 0 bridgehead atoms. The average Bonchev–Trinajstić information content (AvgIpc) is 2.61. The van der Waals surface area contributed by atoms with Crippen LogP contribution in [0.3, 0.4) is 0 Å². The first kappa shape index (κ1) is 17.7. The summed E-state index contributed by atoms with van der Waals surface area (Å²) in [5.74, 6) is 1.29. The number of aromatic nitrogens is 1. The second-order valence-corrected chi connectivity index (χ2v) is 6.33. The summed E-state index contributed by atoms with van der Waals surface area (Å²) in [6, 6.07) is 15.8. The normalized spacial score (nSPS) is 11.6. The zero-order valence-electron chi connectivity index (χ0n) is 15.7. The molecule has 5 heteroatoms. The van der Waals surface area contributed by atoms with Gasteiger partial charge in [0.25, 0.3) is 0 Å². The van der Waals surface area contributed by atoms with E-state index in [4.69, 9.17) is 10.5 Å². The summed E-state index contributed by atoms with van der Waals surface area (Å²) in [7, 11) is 4.02. The molecule has 3 rings (SSSR count). The second-order valence-electron chi connectivity index (χ2n) is 6.33. The van der Waals surface area contributed by atoms with Crippen LogP contribution in [0.4, 0.5) is 11.4 Å². The first-order valence-corrected chi connectivity index (χ1v) is 8.64. The topological polar surface area (TPSA) is 63.7 Å². The molecule has 3 aromatic rings. The highest BCUT2D eigenvalue weighted by molar-refractivity contribution is 6.02. The Balaban J connectivity index is 2.02. The molecule has 0 saturated carbocycles. The highest BCUT2D eigenvalue weighted by Gasteiger charge is 2.07. The fourth-order valence-corrected chi connectivity index (χ4v) is 2.79. The molecule has 0 saturated heterocycles. The lowest BCUT2D eigenvalue weighted by atomic mass is 10.1. The molecule has 0 unspecified atom stereocenters. The molecule has 0 atom stereocenters. The molecule has 0 aliphatic heterocycles. The van der Waals surface area contributed by atoms with Crippen LogP contribution in [0.15, 0.2) is 53.5 Å². The largest absolute Gasteiger partial charge is 0.494 e. The van der Waals surface area contributed by atoms with Gasteiger partial charge in [0.1, 0.15) is 11.6 Å². The molecule has 2 N–H and O–H groups in total. The molecule has 0 aliphatic carbocycles. The Labute approximate surface area is 154 Å². The molecule has 1 aromatic heterocycles. The third-order valence-corrected chi connectivity index (χ3v) is 4.12. The Morgan fingerprint density at radius 3 is 2.50 bits per heavy atom. The van der Waals surface area contributed by atoms with Crippen LogP contribution in [0.5, 0.6) is 5.75 Å². The monoisotopic (exact) mass is 348 g/mol. The van der Waals surface area contributed by atoms with Gasteiger partial charge in [0.15, 0.2) is 0 Å². The Morgan fingerprint density at radius 1 is 1.12 bits per heavy atom. The van der Waals surface area contributed by atoms with Crippen LogP contribution in [-0.2, 0) is 0 Å². The number of amidine groups is 1. The molecular formula is C21H24N4O. The van der Waals surface area contributed by atoms with Crippen molar-refractivity contribution in [2.45, 2.75) is 13.8 Å². The Kier molecular flexibility index (Phi) is 5.07. The van der Waals surface area contributed by atoms with Gasteiger partial charge in [0.2, 0.25) is 0 Å². The van der Waals surface area contributed by atoms with E-state index in [9.17, 15) is 0 Å². The van der Waals surface area contributed by atoms with Crippen molar-refractivity contribution < 1.29 is 4.74 Å². The highest BCUT2D eigenvalue weighted by atomic mass is 16.5. The van der Waals surface area contributed by atoms with Crippen LogP contribution >= 0.6 is 0 Å². The van der Waals surface area contributed by atoms with Gasteiger partial charge < -0.3 is 15.4 Å². The fraction of sp³-hybridized carbons (Fsp3) is 0.238. The summed E-state index contributed by atoms with van der Waals surface area (Å²) < 4.78 is 5.57. The summed E-state index contributed by atoms with van der Waals surface area (Å²) in [5.41, 5.74) is 10.8. The number of benzene rings is 2. The minimum absolute atomic E-state index is 0.482. The van der Waals surface area contributed by atoms with Gasteiger partial charge in [0, 0.05) is 42.5 Å². The molecule has 0 aliphatic rings. The van der Waals surface area contributed by atoms with Crippen molar-refractivity contribution in [2.24, 2.45) is 10.7 Å². The van der Waals surface area contributed by atoms with Crippen molar-refractivity contribution in [3.63, 3.8) is 0 Å². The van der Waals surface area contributed by atoms with Gasteiger partial charge in [0.05, 0.1) is 17.8 Å². The highest BCUT2D eigenvalue weighted by Crippen LogP contribution is 2.29. The number of fused-ring (bicyclic) bond motifs is 1. The number of aliphatic imine (C=N–C) groups is 1. The number of anilines is 1. The summed E-state index contributed by atoms with van der Waals surface area (Å²) >= 11 is 0. The molecule has 0 radical (unpaired) electrons. The number of hydrogen-bond acceptors (Lipinski definition) is 4. The van der Waals surface area contributed by atoms with Crippen LogP contribution in [-0.4, -0.2) is 31.5 Å². The SMILES string of the molecule is CCOc1ccc2c(N=C(N)c3ccc(N(C)C)cc3)cc(C)nc2c1.